The second-order valence-corrected chi connectivity index (χ2v) is 6.09. The number of nitro benzene ring substituents is 1. The number of thiophene rings is 1. The summed E-state index contributed by atoms with van der Waals surface area (Å²) in [7, 11) is 0. The fraction of sp³-hybridized carbons (Fsp3) is 0. The number of nitro groups is 1. The van der Waals surface area contributed by atoms with Crippen LogP contribution in [0.15, 0.2) is 34.1 Å². The van der Waals surface area contributed by atoms with Crippen molar-refractivity contribution in [3.8, 4) is 11.6 Å². The third-order valence-electron chi connectivity index (χ3n) is 2.54. The number of benzene rings is 1. The van der Waals surface area contributed by atoms with Crippen LogP contribution in [0.2, 0.25) is 5.28 Å². The van der Waals surface area contributed by atoms with Gasteiger partial charge in [-0.05, 0) is 29.1 Å². The molecule has 0 spiro atoms. The summed E-state index contributed by atoms with van der Waals surface area (Å²) in [5.74, 6) is 0.553. The van der Waals surface area contributed by atoms with Crippen molar-refractivity contribution in [1.82, 2.24) is 9.97 Å². The highest BCUT2D eigenvalue weighted by Crippen LogP contribution is 2.34. The number of non-ortho nitro benzene ring substituents is 1. The minimum Gasteiger partial charge on any atom is -0.438 e. The SMILES string of the molecule is O=[N+]([O-])c1cc(Br)cc(Oc2nc(Cl)nc3sccc23)c1. The van der Waals surface area contributed by atoms with Crippen LogP contribution in [0.3, 0.4) is 0 Å². The average Bonchev–Trinajstić information content (AvgIpc) is 2.86. The molecule has 0 saturated heterocycles. The molecule has 0 radical (unpaired) electrons. The monoisotopic (exact) mass is 385 g/mol. The van der Waals surface area contributed by atoms with E-state index in [1.165, 1.54) is 23.5 Å². The van der Waals surface area contributed by atoms with Gasteiger partial charge in [0.15, 0.2) is 0 Å². The molecular weight excluding hydrogens is 382 g/mol. The molecule has 0 fully saturated rings. The van der Waals surface area contributed by atoms with Gasteiger partial charge in [0.25, 0.3) is 5.69 Å². The Morgan fingerprint density at radius 1 is 1.33 bits per heavy atom. The van der Waals surface area contributed by atoms with Crippen LogP contribution in [0.5, 0.6) is 11.6 Å². The van der Waals surface area contributed by atoms with Crippen molar-refractivity contribution in [3.05, 3.63) is 49.5 Å². The van der Waals surface area contributed by atoms with Crippen molar-refractivity contribution < 1.29 is 9.66 Å². The molecule has 0 N–H and O–H groups in total. The number of aromatic nitrogens is 2. The van der Waals surface area contributed by atoms with Crippen LogP contribution in [0.1, 0.15) is 0 Å². The van der Waals surface area contributed by atoms with Gasteiger partial charge >= 0.3 is 0 Å². The highest BCUT2D eigenvalue weighted by molar-refractivity contribution is 9.10. The zero-order valence-corrected chi connectivity index (χ0v) is 13.3. The second-order valence-electron chi connectivity index (χ2n) is 3.94. The molecule has 0 bridgehead atoms. The topological polar surface area (TPSA) is 78.2 Å². The van der Waals surface area contributed by atoms with Crippen molar-refractivity contribution in [3.63, 3.8) is 0 Å². The van der Waals surface area contributed by atoms with Gasteiger partial charge in [-0.3, -0.25) is 10.1 Å². The maximum absolute atomic E-state index is 10.9. The molecule has 0 aliphatic heterocycles. The molecule has 6 nitrogen and oxygen atoms in total. The molecule has 3 aromatic rings. The van der Waals surface area contributed by atoms with Crippen molar-refractivity contribution >= 4 is 54.8 Å². The first-order valence-electron chi connectivity index (χ1n) is 5.56. The Morgan fingerprint density at radius 3 is 2.90 bits per heavy atom. The third-order valence-corrected chi connectivity index (χ3v) is 3.98. The second kappa shape index (κ2) is 5.55. The molecule has 3 rings (SSSR count). The van der Waals surface area contributed by atoms with Gasteiger partial charge in [0.2, 0.25) is 11.2 Å². The van der Waals surface area contributed by atoms with Crippen LogP contribution in [-0.2, 0) is 0 Å². The van der Waals surface area contributed by atoms with E-state index < -0.39 is 4.92 Å². The smallest absolute Gasteiger partial charge is 0.274 e. The highest BCUT2D eigenvalue weighted by Gasteiger charge is 2.14. The maximum Gasteiger partial charge on any atom is 0.274 e. The number of halogens is 2. The van der Waals surface area contributed by atoms with E-state index in [2.05, 4.69) is 25.9 Å². The largest absolute Gasteiger partial charge is 0.438 e. The summed E-state index contributed by atoms with van der Waals surface area (Å²) in [5, 5.41) is 13.5. The molecule has 106 valence electrons. The molecule has 9 heteroatoms. The van der Waals surface area contributed by atoms with E-state index in [0.717, 1.165) is 0 Å². The van der Waals surface area contributed by atoms with Gasteiger partial charge in [-0.1, -0.05) is 15.9 Å². The Morgan fingerprint density at radius 2 is 2.14 bits per heavy atom. The number of nitrogens with zero attached hydrogens (tertiary/aromatic N) is 3. The van der Waals surface area contributed by atoms with E-state index in [-0.39, 0.29) is 16.9 Å². The lowest BCUT2D eigenvalue weighted by atomic mass is 10.3. The third kappa shape index (κ3) is 2.97. The Hall–Kier alpha value is -1.77. The fourth-order valence-electron chi connectivity index (χ4n) is 1.71. The number of ether oxygens (including phenoxy) is 1. The zero-order valence-electron chi connectivity index (χ0n) is 10.1. The summed E-state index contributed by atoms with van der Waals surface area (Å²) in [6.07, 6.45) is 0. The predicted octanol–water partition coefficient (Wildman–Crippen LogP) is 4.81. The molecule has 2 aromatic heterocycles. The minimum atomic E-state index is -0.495. The summed E-state index contributed by atoms with van der Waals surface area (Å²) < 4.78 is 6.17. The molecule has 0 amide bonds. The summed E-state index contributed by atoms with van der Waals surface area (Å²) >= 11 is 10.5. The Labute approximate surface area is 135 Å². The lowest BCUT2D eigenvalue weighted by Gasteiger charge is -2.06. The van der Waals surface area contributed by atoms with Crippen LogP contribution >= 0.6 is 38.9 Å². The van der Waals surface area contributed by atoms with Gasteiger partial charge in [0.1, 0.15) is 10.6 Å². The van der Waals surface area contributed by atoms with Crippen molar-refractivity contribution in [2.45, 2.75) is 0 Å². The van der Waals surface area contributed by atoms with Gasteiger partial charge in [-0.25, -0.2) is 4.98 Å². The lowest BCUT2D eigenvalue weighted by molar-refractivity contribution is -0.385. The zero-order chi connectivity index (χ0) is 15.0. The first kappa shape index (κ1) is 14.2. The molecule has 0 unspecified atom stereocenters. The van der Waals surface area contributed by atoms with E-state index >= 15 is 0 Å². The van der Waals surface area contributed by atoms with E-state index in [1.807, 2.05) is 5.38 Å². The maximum atomic E-state index is 10.9. The van der Waals surface area contributed by atoms with Gasteiger partial charge in [-0.15, -0.1) is 11.3 Å². The Balaban J connectivity index is 2.06. The average molecular weight is 387 g/mol. The molecule has 0 aliphatic rings. The molecule has 21 heavy (non-hydrogen) atoms. The van der Waals surface area contributed by atoms with Crippen LogP contribution in [-0.4, -0.2) is 14.9 Å². The summed E-state index contributed by atoms with van der Waals surface area (Å²) in [6, 6.07) is 6.12. The molecule has 0 atom stereocenters. The van der Waals surface area contributed by atoms with E-state index in [0.29, 0.717) is 20.4 Å². The van der Waals surface area contributed by atoms with E-state index in [4.69, 9.17) is 16.3 Å². The van der Waals surface area contributed by atoms with E-state index in [1.54, 1.807) is 12.1 Å². The van der Waals surface area contributed by atoms with Gasteiger partial charge < -0.3 is 4.74 Å². The molecule has 0 aliphatic carbocycles. The van der Waals surface area contributed by atoms with Gasteiger partial charge in [-0.2, -0.15) is 4.98 Å². The summed E-state index contributed by atoms with van der Waals surface area (Å²) in [6.45, 7) is 0. The van der Waals surface area contributed by atoms with Gasteiger partial charge in [0.05, 0.1) is 16.4 Å². The molecular formula is C12H5BrClN3O3S. The number of hydrogen-bond acceptors (Lipinski definition) is 6. The van der Waals surface area contributed by atoms with Crippen LogP contribution in [0.4, 0.5) is 5.69 Å². The summed E-state index contributed by atoms with van der Waals surface area (Å²) in [5.41, 5.74) is -0.0823. The Bertz CT molecular complexity index is 855. The van der Waals surface area contributed by atoms with Gasteiger partial charge in [0, 0.05) is 10.5 Å². The molecule has 1 aromatic carbocycles. The van der Waals surface area contributed by atoms with Crippen LogP contribution in [0, 0.1) is 10.1 Å². The quantitative estimate of drug-likeness (QED) is 0.367. The fourth-order valence-corrected chi connectivity index (χ4v) is 3.13. The van der Waals surface area contributed by atoms with Crippen molar-refractivity contribution in [2.24, 2.45) is 0 Å². The first-order valence-corrected chi connectivity index (χ1v) is 7.61. The van der Waals surface area contributed by atoms with E-state index in [9.17, 15) is 10.1 Å². The number of rotatable bonds is 3. The lowest BCUT2D eigenvalue weighted by Crippen LogP contribution is -1.93. The summed E-state index contributed by atoms with van der Waals surface area (Å²) in [4.78, 5) is 19.2. The normalized spacial score (nSPS) is 10.8. The standard InChI is InChI=1S/C12H5BrClN3O3S/c13-6-3-7(17(18)19)5-8(4-6)20-10-9-1-2-21-11(9)16-12(14)15-10/h1-5H. The highest BCUT2D eigenvalue weighted by atomic mass is 79.9. The molecule has 2 heterocycles. The van der Waals surface area contributed by atoms with Crippen molar-refractivity contribution in [1.29, 1.82) is 0 Å². The molecule has 0 saturated carbocycles. The van der Waals surface area contributed by atoms with Crippen LogP contribution < -0.4 is 4.74 Å². The minimum absolute atomic E-state index is 0.0597. The van der Waals surface area contributed by atoms with Crippen LogP contribution in [0.25, 0.3) is 10.2 Å². The Kier molecular flexibility index (Phi) is 3.75. The first-order chi connectivity index (χ1) is 10.0. The van der Waals surface area contributed by atoms with Crippen molar-refractivity contribution in [2.75, 3.05) is 0 Å². The number of hydrogen-bond donors (Lipinski definition) is 0. The predicted molar refractivity (Wildman–Crippen MR) is 83.3 cm³/mol. The number of fused-ring (bicyclic) bond motifs is 1.